The fourth-order valence-electron chi connectivity index (χ4n) is 1.65. The molecule has 1 rings (SSSR count). The minimum atomic E-state index is -3.13. The molecule has 0 aliphatic heterocycles. The van der Waals surface area contributed by atoms with Crippen LogP contribution in [0.25, 0.3) is 0 Å². The zero-order valence-electron chi connectivity index (χ0n) is 9.31. The Bertz CT molecular complexity index is 265. The molecule has 0 aromatic carbocycles. The molecular weight excluding hydrogens is 215 g/mol. The Morgan fingerprint density at radius 3 is 2.53 bits per heavy atom. The van der Waals surface area contributed by atoms with Crippen LogP contribution in [0.15, 0.2) is 11.4 Å². The summed E-state index contributed by atoms with van der Waals surface area (Å²) in [6, 6.07) is 0. The van der Waals surface area contributed by atoms with E-state index in [2.05, 4.69) is 0 Å². The van der Waals surface area contributed by atoms with E-state index in [1.807, 2.05) is 0 Å². The molecule has 88 valence electrons. The number of aliphatic hydroxyl groups is 1. The molecule has 1 aliphatic carbocycles. The molecule has 0 saturated heterocycles. The molecule has 0 aromatic rings. The van der Waals surface area contributed by atoms with Gasteiger partial charge < -0.3 is 14.2 Å². The summed E-state index contributed by atoms with van der Waals surface area (Å²) in [6.45, 7) is 4.27. The lowest BCUT2D eigenvalue weighted by Crippen LogP contribution is -2.11. The van der Waals surface area contributed by atoms with Crippen LogP contribution in [0.4, 0.5) is 0 Å². The van der Waals surface area contributed by atoms with Crippen LogP contribution in [0.5, 0.6) is 0 Å². The SMILES string of the molecule is CCOP(=O)(OCC)C1=C[C@@H](O)CCC1. The highest BCUT2D eigenvalue weighted by atomic mass is 31.2. The van der Waals surface area contributed by atoms with Gasteiger partial charge in [0.05, 0.1) is 19.3 Å². The molecule has 1 atom stereocenters. The van der Waals surface area contributed by atoms with Gasteiger partial charge >= 0.3 is 7.60 Å². The fourth-order valence-corrected chi connectivity index (χ4v) is 3.52. The van der Waals surface area contributed by atoms with Gasteiger partial charge in [0, 0.05) is 5.31 Å². The van der Waals surface area contributed by atoms with E-state index >= 15 is 0 Å². The molecular formula is C10H19O4P. The maximum Gasteiger partial charge on any atom is 0.357 e. The molecule has 0 fully saturated rings. The second-order valence-electron chi connectivity index (χ2n) is 3.45. The molecule has 0 spiro atoms. The largest absolute Gasteiger partial charge is 0.389 e. The van der Waals surface area contributed by atoms with Crippen LogP contribution in [0.1, 0.15) is 33.1 Å². The maximum atomic E-state index is 12.3. The first-order valence-corrected chi connectivity index (χ1v) is 6.95. The first-order chi connectivity index (χ1) is 7.12. The van der Waals surface area contributed by atoms with Gasteiger partial charge in [0.15, 0.2) is 0 Å². The predicted molar refractivity (Wildman–Crippen MR) is 58.8 cm³/mol. The van der Waals surface area contributed by atoms with Crippen molar-refractivity contribution in [3.05, 3.63) is 11.4 Å². The van der Waals surface area contributed by atoms with E-state index in [1.165, 1.54) is 0 Å². The third-order valence-corrected chi connectivity index (χ3v) is 4.54. The van der Waals surface area contributed by atoms with E-state index in [1.54, 1.807) is 19.9 Å². The van der Waals surface area contributed by atoms with E-state index in [0.29, 0.717) is 24.9 Å². The first kappa shape index (κ1) is 12.9. The number of rotatable bonds is 5. The normalized spacial score (nSPS) is 22.6. The molecule has 0 bridgehead atoms. The highest BCUT2D eigenvalue weighted by molar-refractivity contribution is 7.58. The van der Waals surface area contributed by atoms with Crippen LogP contribution < -0.4 is 0 Å². The number of hydrogen-bond acceptors (Lipinski definition) is 4. The summed E-state index contributed by atoms with van der Waals surface area (Å²) in [5.41, 5.74) is 0. The Balaban J connectivity index is 2.83. The van der Waals surface area contributed by atoms with Crippen LogP contribution >= 0.6 is 7.60 Å². The molecule has 0 heterocycles. The van der Waals surface area contributed by atoms with Crippen molar-refractivity contribution in [2.75, 3.05) is 13.2 Å². The van der Waals surface area contributed by atoms with Crippen molar-refractivity contribution in [2.45, 2.75) is 39.2 Å². The Morgan fingerprint density at radius 1 is 1.47 bits per heavy atom. The Morgan fingerprint density at radius 2 is 2.07 bits per heavy atom. The molecule has 0 aromatic heterocycles. The van der Waals surface area contributed by atoms with Crippen LogP contribution in [0, 0.1) is 0 Å². The van der Waals surface area contributed by atoms with E-state index in [4.69, 9.17) is 9.05 Å². The fraction of sp³-hybridized carbons (Fsp3) is 0.800. The lowest BCUT2D eigenvalue weighted by Gasteiger charge is -2.24. The average Bonchev–Trinajstić information content (AvgIpc) is 2.18. The summed E-state index contributed by atoms with van der Waals surface area (Å²) in [5, 5.41) is 10.1. The van der Waals surface area contributed by atoms with Crippen molar-refractivity contribution in [3.63, 3.8) is 0 Å². The predicted octanol–water partition coefficient (Wildman–Crippen LogP) is 2.68. The van der Waals surface area contributed by atoms with E-state index in [0.717, 1.165) is 12.8 Å². The molecule has 1 aliphatic rings. The number of hydrogen-bond donors (Lipinski definition) is 1. The summed E-state index contributed by atoms with van der Waals surface area (Å²) in [4.78, 5) is 0. The zero-order chi connectivity index (χ0) is 11.3. The number of aliphatic hydroxyl groups excluding tert-OH is 1. The zero-order valence-corrected chi connectivity index (χ0v) is 10.2. The Kier molecular flexibility index (Phi) is 5.00. The third kappa shape index (κ3) is 3.42. The Labute approximate surface area is 90.8 Å². The highest BCUT2D eigenvalue weighted by Crippen LogP contribution is 2.58. The molecule has 5 heteroatoms. The van der Waals surface area contributed by atoms with Gasteiger partial charge in [-0.1, -0.05) is 0 Å². The van der Waals surface area contributed by atoms with Crippen molar-refractivity contribution >= 4 is 7.60 Å². The lowest BCUT2D eigenvalue weighted by atomic mass is 10.1. The first-order valence-electron chi connectivity index (χ1n) is 5.40. The smallest absolute Gasteiger partial charge is 0.357 e. The van der Waals surface area contributed by atoms with Gasteiger partial charge in [0.1, 0.15) is 0 Å². The van der Waals surface area contributed by atoms with E-state index in [9.17, 15) is 9.67 Å². The highest BCUT2D eigenvalue weighted by Gasteiger charge is 2.31. The van der Waals surface area contributed by atoms with Crippen molar-refractivity contribution in [1.82, 2.24) is 0 Å². The molecule has 0 unspecified atom stereocenters. The van der Waals surface area contributed by atoms with Gasteiger partial charge in [-0.2, -0.15) is 0 Å². The topological polar surface area (TPSA) is 55.8 Å². The van der Waals surface area contributed by atoms with Gasteiger partial charge in [0.2, 0.25) is 0 Å². The van der Waals surface area contributed by atoms with Crippen LogP contribution in [0.2, 0.25) is 0 Å². The van der Waals surface area contributed by atoms with Gasteiger partial charge in [-0.15, -0.1) is 0 Å². The minimum Gasteiger partial charge on any atom is -0.389 e. The number of allylic oxidation sites excluding steroid dienone is 1. The van der Waals surface area contributed by atoms with Crippen molar-refractivity contribution < 1.29 is 18.7 Å². The summed E-state index contributed by atoms with van der Waals surface area (Å²) < 4.78 is 22.7. The van der Waals surface area contributed by atoms with Crippen molar-refractivity contribution in [1.29, 1.82) is 0 Å². The third-order valence-electron chi connectivity index (χ3n) is 2.27. The summed E-state index contributed by atoms with van der Waals surface area (Å²) in [5.74, 6) is 0. The molecule has 0 radical (unpaired) electrons. The molecule has 0 saturated carbocycles. The summed E-state index contributed by atoms with van der Waals surface area (Å²) >= 11 is 0. The lowest BCUT2D eigenvalue weighted by molar-refractivity contribution is 0.196. The maximum absolute atomic E-state index is 12.3. The van der Waals surface area contributed by atoms with Gasteiger partial charge in [-0.25, -0.2) is 0 Å². The molecule has 0 amide bonds. The van der Waals surface area contributed by atoms with Gasteiger partial charge in [0.25, 0.3) is 0 Å². The van der Waals surface area contributed by atoms with Crippen LogP contribution in [-0.4, -0.2) is 24.4 Å². The second-order valence-corrected chi connectivity index (χ2v) is 5.54. The molecule has 15 heavy (non-hydrogen) atoms. The standard InChI is InChI=1S/C10H19O4P/c1-3-13-15(12,14-4-2)10-7-5-6-9(11)8-10/h8-9,11H,3-7H2,1-2H3/t9-/m0/s1. The monoisotopic (exact) mass is 234 g/mol. The van der Waals surface area contributed by atoms with E-state index in [-0.39, 0.29) is 0 Å². The summed E-state index contributed by atoms with van der Waals surface area (Å²) in [6.07, 6.45) is 3.35. The second kappa shape index (κ2) is 5.80. The van der Waals surface area contributed by atoms with E-state index < -0.39 is 13.7 Å². The van der Waals surface area contributed by atoms with Gasteiger partial charge in [-0.3, -0.25) is 4.57 Å². The summed E-state index contributed by atoms with van der Waals surface area (Å²) in [7, 11) is -3.13. The quantitative estimate of drug-likeness (QED) is 0.743. The van der Waals surface area contributed by atoms with Crippen LogP contribution in [0.3, 0.4) is 0 Å². The molecule has 1 N–H and O–H groups in total. The van der Waals surface area contributed by atoms with Crippen molar-refractivity contribution in [3.8, 4) is 0 Å². The average molecular weight is 234 g/mol. The Hall–Kier alpha value is -0.150. The minimum absolute atomic E-state index is 0.352. The molecule has 4 nitrogen and oxygen atoms in total. The van der Waals surface area contributed by atoms with Crippen molar-refractivity contribution in [2.24, 2.45) is 0 Å². The van der Waals surface area contributed by atoms with Crippen LogP contribution in [-0.2, 0) is 13.6 Å². The van der Waals surface area contributed by atoms with Gasteiger partial charge in [-0.05, 0) is 39.2 Å².